The van der Waals surface area contributed by atoms with Crippen LogP contribution in [0.25, 0.3) is 0 Å². The summed E-state index contributed by atoms with van der Waals surface area (Å²) >= 11 is 5.86. The first kappa shape index (κ1) is 8.32. The number of hydrogen-bond donors (Lipinski definition) is 1. The fourth-order valence-electron chi connectivity index (χ4n) is 0.130. The van der Waals surface area contributed by atoms with Gasteiger partial charge in [0.05, 0.1) is 12.0 Å². The Morgan fingerprint density at radius 3 is 2.38 bits per heavy atom. The summed E-state index contributed by atoms with van der Waals surface area (Å²) in [6.45, 7) is 0. The second-order valence-corrected chi connectivity index (χ2v) is 3.86. The molecule has 0 aromatic rings. The van der Waals surface area contributed by atoms with Gasteiger partial charge in [-0.3, -0.25) is 0 Å². The number of rotatable bonds is 3. The van der Waals surface area contributed by atoms with Crippen LogP contribution in [-0.4, -0.2) is 15.8 Å². The van der Waals surface area contributed by atoms with E-state index in [0.717, 1.165) is 0 Å². The third-order valence-electron chi connectivity index (χ3n) is 0.359. The number of nitroso groups, excluding NO2 is 1. The van der Waals surface area contributed by atoms with Crippen LogP contribution in [0.15, 0.2) is 0 Å². The highest BCUT2D eigenvalue weighted by molar-refractivity contribution is 9.24. The van der Waals surface area contributed by atoms with E-state index in [0.29, 0.717) is 4.87 Å². The molecule has 0 unspecified atom stereocenters. The Hall–Kier alpha value is 0.320. The molecular formula is C2H5Br2N2O2+. The normalized spacial score (nSPS) is 9.50. The zero-order valence-electron chi connectivity index (χ0n) is 4.10. The molecule has 48 valence electrons. The average Bonchev–Trinajstić information content (AvgIpc) is 1.67. The predicted molar refractivity (Wildman–Crippen MR) is 35.4 cm³/mol. The van der Waals surface area contributed by atoms with Crippen LogP contribution in [0.2, 0.25) is 0 Å². The van der Waals surface area contributed by atoms with Crippen molar-refractivity contribution in [2.45, 2.75) is 3.86 Å². The Bertz CT molecular complexity index is 86.1. The molecule has 1 N–H and O–H groups in total. The van der Waals surface area contributed by atoms with E-state index < -0.39 is 3.86 Å². The average molecular weight is 249 g/mol. The third kappa shape index (κ3) is 3.34. The molecule has 0 aromatic carbocycles. The molecule has 0 aliphatic heterocycles. The summed E-state index contributed by atoms with van der Waals surface area (Å²) in [5, 5.41) is 0. The number of halogens is 2. The summed E-state index contributed by atoms with van der Waals surface area (Å²) in [6, 6.07) is 0. The first-order chi connectivity index (χ1) is 3.68. The van der Waals surface area contributed by atoms with Crippen molar-refractivity contribution in [2.75, 3.05) is 7.11 Å². The lowest BCUT2D eigenvalue weighted by atomic mass is 11.5. The molecule has 0 aliphatic carbocycles. The van der Waals surface area contributed by atoms with Gasteiger partial charge in [-0.1, -0.05) is 0 Å². The number of hydrazine groups is 1. The van der Waals surface area contributed by atoms with E-state index in [1.807, 2.05) is 5.59 Å². The van der Waals surface area contributed by atoms with Gasteiger partial charge in [0.15, 0.2) is 4.87 Å². The molecule has 8 heavy (non-hydrogen) atoms. The number of hydrogen-bond acceptors (Lipinski definition) is 2. The van der Waals surface area contributed by atoms with Gasteiger partial charge < -0.3 is 0 Å². The summed E-state index contributed by atoms with van der Waals surface area (Å²) in [6.07, 6.45) is 0. The summed E-state index contributed by atoms with van der Waals surface area (Å²) < 4.78 is -0.463. The topological polar surface area (TPSA) is 41.3 Å². The van der Waals surface area contributed by atoms with E-state index in [1.54, 1.807) is 0 Å². The van der Waals surface area contributed by atoms with Crippen molar-refractivity contribution >= 4 is 31.9 Å². The van der Waals surface area contributed by atoms with Crippen molar-refractivity contribution in [3.8, 4) is 0 Å². The molecule has 0 spiro atoms. The third-order valence-corrected chi connectivity index (χ3v) is 1.10. The first-order valence-corrected chi connectivity index (χ1v) is 3.54. The highest BCUT2D eigenvalue weighted by Crippen LogP contribution is 2.05. The van der Waals surface area contributed by atoms with Gasteiger partial charge in [-0.15, -0.1) is 0 Å². The predicted octanol–water partition coefficient (Wildman–Crippen LogP) is 0.905. The van der Waals surface area contributed by atoms with Crippen molar-refractivity contribution in [3.05, 3.63) is 4.91 Å². The smallest absolute Gasteiger partial charge is 0.228 e. The molecular weight excluding hydrogens is 244 g/mol. The maximum Gasteiger partial charge on any atom is 0.342 e. The Kier molecular flexibility index (Phi) is 4.39. The summed E-state index contributed by atoms with van der Waals surface area (Å²) in [5.74, 6) is 0. The fourth-order valence-corrected chi connectivity index (χ4v) is 0.297. The zero-order chi connectivity index (χ0) is 6.57. The molecule has 0 atom stereocenters. The molecule has 0 aromatic heterocycles. The first-order valence-electron chi connectivity index (χ1n) is 1.71. The molecule has 0 bridgehead atoms. The molecule has 0 saturated carbocycles. The van der Waals surface area contributed by atoms with Crippen LogP contribution in [0.3, 0.4) is 0 Å². The van der Waals surface area contributed by atoms with Gasteiger partial charge in [0, 0.05) is 31.9 Å². The lowest BCUT2D eigenvalue weighted by Crippen LogP contribution is -2.27. The van der Waals surface area contributed by atoms with Crippen molar-refractivity contribution in [1.82, 2.24) is 5.59 Å². The minimum Gasteiger partial charge on any atom is -0.228 e. The number of alkyl halides is 2. The molecule has 0 aliphatic rings. The Balaban J connectivity index is 3.33. The molecule has 0 fully saturated rings. The minimum atomic E-state index is -0.463. The van der Waals surface area contributed by atoms with E-state index in [4.69, 9.17) is 0 Å². The molecule has 0 amide bonds. The quantitative estimate of drug-likeness (QED) is 0.349. The van der Waals surface area contributed by atoms with Crippen molar-refractivity contribution in [3.63, 3.8) is 0 Å². The van der Waals surface area contributed by atoms with Crippen LogP contribution in [0.5, 0.6) is 0 Å². The van der Waals surface area contributed by atoms with Gasteiger partial charge in [0.1, 0.15) is 0 Å². The Morgan fingerprint density at radius 2 is 2.25 bits per heavy atom. The highest BCUT2D eigenvalue weighted by atomic mass is 79.9. The number of nitrogens with zero attached hydrogens (tertiary/aromatic N) is 1. The molecule has 0 radical (unpaired) electrons. The maximum atomic E-state index is 10.3. The Labute approximate surface area is 63.3 Å². The van der Waals surface area contributed by atoms with Gasteiger partial charge in [-0.2, -0.15) is 0 Å². The number of nitrogens with one attached hydrogen (secondary N) is 1. The van der Waals surface area contributed by atoms with Crippen LogP contribution in [0, 0.1) is 4.91 Å². The van der Waals surface area contributed by atoms with E-state index in [2.05, 4.69) is 36.7 Å². The van der Waals surface area contributed by atoms with Crippen molar-refractivity contribution in [1.29, 1.82) is 0 Å². The van der Waals surface area contributed by atoms with Crippen LogP contribution in [0.1, 0.15) is 0 Å². The monoisotopic (exact) mass is 247 g/mol. The van der Waals surface area contributed by atoms with Gasteiger partial charge in [0.2, 0.25) is 0 Å². The molecule has 4 nitrogen and oxygen atoms in total. The van der Waals surface area contributed by atoms with Gasteiger partial charge in [0.25, 0.3) is 0 Å². The second-order valence-electron chi connectivity index (χ2n) is 0.899. The molecule has 0 saturated heterocycles. The van der Waals surface area contributed by atoms with Crippen molar-refractivity contribution in [2.24, 2.45) is 0 Å². The largest absolute Gasteiger partial charge is 0.342 e. The van der Waals surface area contributed by atoms with Crippen LogP contribution in [-0.2, 0) is 4.84 Å². The SMILES string of the molecule is CON[N+](=O)C(Br)Br. The molecule has 0 rings (SSSR count). The zero-order valence-corrected chi connectivity index (χ0v) is 7.27. The molecule has 0 heterocycles. The van der Waals surface area contributed by atoms with E-state index in [9.17, 15) is 4.91 Å². The van der Waals surface area contributed by atoms with Gasteiger partial charge in [-0.25, -0.2) is 4.84 Å². The van der Waals surface area contributed by atoms with Crippen LogP contribution in [0.4, 0.5) is 0 Å². The minimum absolute atomic E-state index is 0.458. The second kappa shape index (κ2) is 4.22. The van der Waals surface area contributed by atoms with E-state index >= 15 is 0 Å². The maximum absolute atomic E-state index is 10.3. The molecule has 6 heteroatoms. The van der Waals surface area contributed by atoms with E-state index in [1.165, 1.54) is 7.11 Å². The van der Waals surface area contributed by atoms with Crippen LogP contribution < -0.4 is 5.59 Å². The van der Waals surface area contributed by atoms with Gasteiger partial charge >= 0.3 is 3.86 Å². The van der Waals surface area contributed by atoms with Crippen LogP contribution >= 0.6 is 31.9 Å². The fraction of sp³-hybridized carbons (Fsp3) is 1.00. The summed E-state index contributed by atoms with van der Waals surface area (Å²) in [5.41, 5.74) is 2.03. The van der Waals surface area contributed by atoms with Crippen molar-refractivity contribution < 1.29 is 9.71 Å². The van der Waals surface area contributed by atoms with E-state index in [-0.39, 0.29) is 0 Å². The lowest BCUT2D eigenvalue weighted by Gasteiger charge is -1.90. The lowest BCUT2D eigenvalue weighted by molar-refractivity contribution is -0.649. The Morgan fingerprint density at radius 1 is 1.75 bits per heavy atom. The highest BCUT2D eigenvalue weighted by Gasteiger charge is 2.16. The van der Waals surface area contributed by atoms with Gasteiger partial charge in [-0.05, 0) is 5.59 Å². The summed E-state index contributed by atoms with van der Waals surface area (Å²) in [4.78, 5) is 15.1. The standard InChI is InChI=1S/C2H5Br2N2O2/c1-8-5-6(7)2(3)4/h2H,1H3,(H,5,7)/q+1. The summed E-state index contributed by atoms with van der Waals surface area (Å²) in [7, 11) is 1.35.